The average molecular weight is 262 g/mol. The van der Waals surface area contributed by atoms with Gasteiger partial charge in [-0.2, -0.15) is 0 Å². The molecule has 0 spiro atoms. The first kappa shape index (κ1) is 12.3. The molecule has 0 saturated heterocycles. The van der Waals surface area contributed by atoms with E-state index in [4.69, 9.17) is 5.11 Å². The Morgan fingerprint density at radius 3 is 2.61 bits per heavy atom. The van der Waals surface area contributed by atoms with Gasteiger partial charge in [-0.05, 0) is 31.2 Å². The van der Waals surface area contributed by atoms with Gasteiger partial charge in [0.15, 0.2) is 0 Å². The summed E-state index contributed by atoms with van der Waals surface area (Å²) in [6.45, 7) is 1.83. The molecule has 0 aliphatic carbocycles. The third kappa shape index (κ3) is 2.72. The van der Waals surface area contributed by atoms with Crippen LogP contribution in [0.2, 0.25) is 0 Å². The van der Waals surface area contributed by atoms with Crippen molar-refractivity contribution in [1.29, 1.82) is 0 Å². The molecule has 0 radical (unpaired) electrons. The number of hydrogen-bond acceptors (Lipinski definition) is 4. The van der Waals surface area contributed by atoms with Gasteiger partial charge in [0, 0.05) is 11.9 Å². The van der Waals surface area contributed by atoms with Gasteiger partial charge < -0.3 is 10.4 Å². The van der Waals surface area contributed by atoms with Crippen LogP contribution >= 0.6 is 11.3 Å². The van der Waals surface area contributed by atoms with Crippen LogP contribution in [0.15, 0.2) is 30.5 Å². The quantitative estimate of drug-likeness (QED) is 0.890. The number of carbonyl (C=O) groups is 2. The summed E-state index contributed by atoms with van der Waals surface area (Å²) in [5, 5.41) is 11.9. The fourth-order valence-electron chi connectivity index (χ4n) is 1.31. The maximum atomic E-state index is 11.8. The molecular formula is C12H10N2O3S. The molecule has 0 aliphatic heterocycles. The first-order valence-corrected chi connectivity index (χ1v) is 5.95. The topological polar surface area (TPSA) is 79.3 Å². The van der Waals surface area contributed by atoms with Crippen LogP contribution in [-0.4, -0.2) is 22.0 Å². The Bertz CT molecular complexity index is 590. The number of aromatic carboxylic acids is 1. The molecule has 2 heterocycles. The zero-order chi connectivity index (χ0) is 13.1. The highest BCUT2D eigenvalue weighted by Gasteiger charge is 2.10. The second-order valence-corrected chi connectivity index (χ2v) is 4.70. The van der Waals surface area contributed by atoms with Crippen molar-refractivity contribution in [2.75, 3.05) is 5.32 Å². The van der Waals surface area contributed by atoms with Crippen molar-refractivity contribution < 1.29 is 14.7 Å². The number of carboxylic acids is 1. The zero-order valence-corrected chi connectivity index (χ0v) is 10.3. The van der Waals surface area contributed by atoms with Gasteiger partial charge in [-0.15, -0.1) is 11.3 Å². The molecule has 2 aromatic heterocycles. The molecule has 2 aromatic rings. The number of rotatable bonds is 3. The molecule has 0 aliphatic rings. The van der Waals surface area contributed by atoms with Crippen LogP contribution in [0, 0.1) is 6.92 Å². The summed E-state index contributed by atoms with van der Waals surface area (Å²) in [7, 11) is 0. The van der Waals surface area contributed by atoms with Crippen LogP contribution in [0.25, 0.3) is 0 Å². The first-order chi connectivity index (χ1) is 8.56. The highest BCUT2D eigenvalue weighted by atomic mass is 32.1. The largest absolute Gasteiger partial charge is 0.477 e. The maximum absolute atomic E-state index is 11.8. The highest BCUT2D eigenvalue weighted by molar-refractivity contribution is 7.18. The van der Waals surface area contributed by atoms with Crippen molar-refractivity contribution in [3.05, 3.63) is 46.6 Å². The van der Waals surface area contributed by atoms with Gasteiger partial charge >= 0.3 is 5.97 Å². The zero-order valence-electron chi connectivity index (χ0n) is 9.51. The third-order valence-corrected chi connectivity index (χ3v) is 3.22. The van der Waals surface area contributed by atoms with E-state index in [0.717, 1.165) is 17.0 Å². The Morgan fingerprint density at radius 2 is 2.06 bits per heavy atom. The van der Waals surface area contributed by atoms with Crippen molar-refractivity contribution in [2.24, 2.45) is 0 Å². The number of hydrogen-bond donors (Lipinski definition) is 2. The minimum Gasteiger partial charge on any atom is -0.477 e. The van der Waals surface area contributed by atoms with Gasteiger partial charge in [-0.25, -0.2) is 4.79 Å². The van der Waals surface area contributed by atoms with Crippen LogP contribution in [0.1, 0.15) is 25.7 Å². The molecule has 18 heavy (non-hydrogen) atoms. The minimum atomic E-state index is -1.00. The van der Waals surface area contributed by atoms with Gasteiger partial charge in [0.25, 0.3) is 5.91 Å². The minimum absolute atomic E-state index is 0.187. The Balaban J connectivity index is 2.11. The van der Waals surface area contributed by atoms with Crippen molar-refractivity contribution in [3.8, 4) is 0 Å². The standard InChI is InChI=1S/C12H10N2O3S/c1-7-2-3-8(6-13-7)11(15)14-10-5-4-9(18-10)12(16)17/h2-6H,1H3,(H,14,15)(H,16,17). The molecular weight excluding hydrogens is 252 g/mol. The third-order valence-electron chi connectivity index (χ3n) is 2.23. The summed E-state index contributed by atoms with van der Waals surface area (Å²) >= 11 is 1.02. The number of nitrogens with one attached hydrogen (secondary N) is 1. The van der Waals surface area contributed by atoms with E-state index in [1.165, 1.54) is 12.3 Å². The Kier molecular flexibility index (Phi) is 3.38. The second-order valence-electron chi connectivity index (χ2n) is 3.61. The lowest BCUT2D eigenvalue weighted by Gasteiger charge is -2.01. The van der Waals surface area contributed by atoms with Crippen LogP contribution in [0.3, 0.4) is 0 Å². The van der Waals surface area contributed by atoms with Crippen molar-refractivity contribution in [3.63, 3.8) is 0 Å². The van der Waals surface area contributed by atoms with Crippen molar-refractivity contribution >= 4 is 28.2 Å². The molecule has 0 fully saturated rings. The normalized spacial score (nSPS) is 10.1. The maximum Gasteiger partial charge on any atom is 0.345 e. The molecule has 92 valence electrons. The Labute approximate surface area is 107 Å². The molecule has 0 atom stereocenters. The molecule has 5 nitrogen and oxygen atoms in total. The summed E-state index contributed by atoms with van der Waals surface area (Å²) in [5.74, 6) is -1.31. The van der Waals surface area contributed by atoms with E-state index >= 15 is 0 Å². The van der Waals surface area contributed by atoms with E-state index in [0.29, 0.717) is 10.6 Å². The number of thiophene rings is 1. The molecule has 2 N–H and O–H groups in total. The van der Waals surface area contributed by atoms with E-state index in [9.17, 15) is 9.59 Å². The predicted molar refractivity (Wildman–Crippen MR) is 68.2 cm³/mol. The second kappa shape index (κ2) is 4.97. The van der Waals surface area contributed by atoms with E-state index in [2.05, 4.69) is 10.3 Å². The molecule has 0 aromatic carbocycles. The number of pyridine rings is 1. The molecule has 0 unspecified atom stereocenters. The number of carboxylic acid groups (broad SMARTS) is 1. The van der Waals surface area contributed by atoms with Crippen molar-refractivity contribution in [2.45, 2.75) is 6.92 Å². The molecule has 2 rings (SSSR count). The van der Waals surface area contributed by atoms with Crippen molar-refractivity contribution in [1.82, 2.24) is 4.98 Å². The monoisotopic (exact) mass is 262 g/mol. The van der Waals surface area contributed by atoms with E-state index < -0.39 is 5.97 Å². The van der Waals surface area contributed by atoms with Gasteiger partial charge in [0.1, 0.15) is 4.88 Å². The molecule has 0 bridgehead atoms. The molecule has 6 heteroatoms. The number of carbonyl (C=O) groups excluding carboxylic acids is 1. The SMILES string of the molecule is Cc1ccc(C(=O)Nc2ccc(C(=O)O)s2)cn1. The first-order valence-electron chi connectivity index (χ1n) is 5.13. The Morgan fingerprint density at radius 1 is 1.28 bits per heavy atom. The fraction of sp³-hybridized carbons (Fsp3) is 0.0833. The van der Waals surface area contributed by atoms with E-state index in [1.807, 2.05) is 6.92 Å². The summed E-state index contributed by atoms with van der Waals surface area (Å²) in [6, 6.07) is 6.43. The summed E-state index contributed by atoms with van der Waals surface area (Å²) in [4.78, 5) is 26.7. The number of aromatic nitrogens is 1. The number of amides is 1. The van der Waals surface area contributed by atoms with Crippen LogP contribution in [0.5, 0.6) is 0 Å². The summed E-state index contributed by atoms with van der Waals surface area (Å²) < 4.78 is 0. The Hall–Kier alpha value is -2.21. The lowest BCUT2D eigenvalue weighted by Crippen LogP contribution is -2.11. The van der Waals surface area contributed by atoms with Crippen LogP contribution < -0.4 is 5.32 Å². The summed E-state index contributed by atoms with van der Waals surface area (Å²) in [6.07, 6.45) is 1.48. The number of anilines is 1. The van der Waals surface area contributed by atoms with Gasteiger partial charge in [0.05, 0.1) is 10.6 Å². The van der Waals surface area contributed by atoms with Gasteiger partial charge in [0.2, 0.25) is 0 Å². The molecule has 1 amide bonds. The van der Waals surface area contributed by atoms with Gasteiger partial charge in [-0.1, -0.05) is 0 Å². The summed E-state index contributed by atoms with van der Waals surface area (Å²) in [5.41, 5.74) is 1.27. The van der Waals surface area contributed by atoms with Gasteiger partial charge in [-0.3, -0.25) is 9.78 Å². The number of nitrogens with zero attached hydrogens (tertiary/aromatic N) is 1. The van der Waals surface area contributed by atoms with E-state index in [-0.39, 0.29) is 10.8 Å². The lowest BCUT2D eigenvalue weighted by molar-refractivity contribution is 0.0702. The number of aryl methyl sites for hydroxylation is 1. The van der Waals surface area contributed by atoms with Crippen LogP contribution in [0.4, 0.5) is 5.00 Å². The molecule has 0 saturated carbocycles. The van der Waals surface area contributed by atoms with E-state index in [1.54, 1.807) is 18.2 Å². The average Bonchev–Trinajstić information content (AvgIpc) is 2.78. The highest BCUT2D eigenvalue weighted by Crippen LogP contribution is 2.22. The smallest absolute Gasteiger partial charge is 0.345 e. The fourth-order valence-corrected chi connectivity index (χ4v) is 2.05. The lowest BCUT2D eigenvalue weighted by atomic mass is 10.2. The van der Waals surface area contributed by atoms with Crippen LogP contribution in [-0.2, 0) is 0 Å². The predicted octanol–water partition coefficient (Wildman–Crippen LogP) is 2.40.